The lowest BCUT2D eigenvalue weighted by Gasteiger charge is -1.97. The first-order valence-corrected chi connectivity index (χ1v) is 7.32. The normalized spacial score (nSPS) is 10.3. The van der Waals surface area contributed by atoms with Crippen LogP contribution < -0.4 is 0 Å². The summed E-state index contributed by atoms with van der Waals surface area (Å²) in [5.41, 5.74) is -0.301. The Morgan fingerprint density at radius 2 is 2.14 bits per heavy atom. The van der Waals surface area contributed by atoms with Crippen LogP contribution in [0.5, 0.6) is 0 Å². The van der Waals surface area contributed by atoms with Gasteiger partial charge in [0, 0.05) is 0 Å². The van der Waals surface area contributed by atoms with Crippen LogP contribution >= 0.6 is 41.4 Å². The third-order valence-corrected chi connectivity index (χ3v) is 4.55. The fourth-order valence-electron chi connectivity index (χ4n) is 0.173. The molecule has 0 nitrogen and oxygen atoms in total. The molecule has 44 valence electrons. The fraction of sp³-hybridized carbons (Fsp3) is 1.00. The lowest BCUT2D eigenvalue weighted by Crippen LogP contribution is -1.63. The monoisotopic (exact) mass is 172 g/mol. The van der Waals surface area contributed by atoms with E-state index in [0.29, 0.717) is 0 Å². The van der Waals surface area contributed by atoms with E-state index in [0.717, 1.165) is 0 Å². The largest absolute Gasteiger partial charge is 0.130 e. The SMILES string of the molecule is CCCSP(S)S. The van der Waals surface area contributed by atoms with Gasteiger partial charge in [0.15, 0.2) is 0 Å². The highest BCUT2D eigenvalue weighted by Crippen LogP contribution is 2.58. The van der Waals surface area contributed by atoms with Crippen LogP contribution in [0.25, 0.3) is 0 Å². The van der Waals surface area contributed by atoms with Gasteiger partial charge in [-0.2, -0.15) is 0 Å². The summed E-state index contributed by atoms with van der Waals surface area (Å²) in [7, 11) is 0. The van der Waals surface area contributed by atoms with Crippen LogP contribution in [0.15, 0.2) is 0 Å². The molecule has 0 aromatic heterocycles. The Labute approximate surface area is 60.6 Å². The van der Waals surface area contributed by atoms with Crippen LogP contribution in [-0.2, 0) is 0 Å². The van der Waals surface area contributed by atoms with Crippen molar-refractivity contribution >= 4 is 41.4 Å². The predicted molar refractivity (Wildman–Crippen MR) is 47.6 cm³/mol. The molecule has 4 heteroatoms. The van der Waals surface area contributed by atoms with Gasteiger partial charge in [-0.25, -0.2) is 0 Å². The molecule has 0 aromatic rings. The summed E-state index contributed by atoms with van der Waals surface area (Å²) in [5, 5.41) is 0. The molecule has 0 aliphatic carbocycles. The molecule has 0 saturated carbocycles. The fourth-order valence-corrected chi connectivity index (χ4v) is 3.03. The zero-order valence-corrected chi connectivity index (χ0v) is 7.66. The van der Waals surface area contributed by atoms with Gasteiger partial charge >= 0.3 is 0 Å². The minimum Gasteiger partial charge on any atom is -0.130 e. The molecule has 0 fully saturated rings. The molecule has 0 bridgehead atoms. The van der Waals surface area contributed by atoms with Gasteiger partial charge < -0.3 is 0 Å². The zero-order chi connectivity index (χ0) is 5.70. The van der Waals surface area contributed by atoms with Crippen molar-refractivity contribution in [2.75, 3.05) is 5.75 Å². The minimum atomic E-state index is -0.301. The molecule has 0 unspecified atom stereocenters. The van der Waals surface area contributed by atoms with Crippen LogP contribution in [0.3, 0.4) is 0 Å². The first-order chi connectivity index (χ1) is 3.27. The summed E-state index contributed by atoms with van der Waals surface area (Å²) in [6.07, 6.45) is 1.23. The molecule has 0 radical (unpaired) electrons. The quantitative estimate of drug-likeness (QED) is 0.487. The van der Waals surface area contributed by atoms with E-state index in [2.05, 4.69) is 31.4 Å². The minimum absolute atomic E-state index is 0.301. The molecule has 0 amide bonds. The maximum atomic E-state index is 4.12. The highest BCUT2D eigenvalue weighted by molar-refractivity contribution is 9.06. The maximum Gasteiger partial charge on any atom is 0.0666 e. The Morgan fingerprint density at radius 3 is 2.29 bits per heavy atom. The van der Waals surface area contributed by atoms with Gasteiger partial charge in [0.05, 0.1) is 5.53 Å². The highest BCUT2D eigenvalue weighted by atomic mass is 33.3. The van der Waals surface area contributed by atoms with Crippen molar-refractivity contribution in [2.24, 2.45) is 0 Å². The first kappa shape index (κ1) is 8.48. The van der Waals surface area contributed by atoms with Crippen molar-refractivity contribution < 1.29 is 0 Å². The molecule has 0 aliphatic rings. The number of rotatable bonds is 3. The second-order valence-corrected chi connectivity index (χ2v) is 9.10. The Morgan fingerprint density at radius 1 is 1.57 bits per heavy atom. The van der Waals surface area contributed by atoms with Gasteiger partial charge in [-0.1, -0.05) is 6.92 Å². The van der Waals surface area contributed by atoms with Crippen molar-refractivity contribution in [1.82, 2.24) is 0 Å². The third kappa shape index (κ3) is 7.48. The first-order valence-electron chi connectivity index (χ1n) is 2.08. The van der Waals surface area contributed by atoms with Gasteiger partial charge in [0.1, 0.15) is 0 Å². The van der Waals surface area contributed by atoms with E-state index >= 15 is 0 Å². The maximum absolute atomic E-state index is 4.12. The van der Waals surface area contributed by atoms with E-state index in [-0.39, 0.29) is 5.53 Å². The molecule has 0 heterocycles. The summed E-state index contributed by atoms with van der Waals surface area (Å²) in [6.45, 7) is 2.16. The summed E-state index contributed by atoms with van der Waals surface area (Å²) in [5.74, 6) is 1.19. The van der Waals surface area contributed by atoms with E-state index in [4.69, 9.17) is 0 Å². The van der Waals surface area contributed by atoms with E-state index in [1.165, 1.54) is 12.2 Å². The Hall–Kier alpha value is 1.48. The summed E-state index contributed by atoms with van der Waals surface area (Å²) < 4.78 is 0. The van der Waals surface area contributed by atoms with Crippen LogP contribution in [-0.4, -0.2) is 5.75 Å². The summed E-state index contributed by atoms with van der Waals surface area (Å²) >= 11 is 10.1. The van der Waals surface area contributed by atoms with Crippen molar-refractivity contribution in [3.05, 3.63) is 0 Å². The van der Waals surface area contributed by atoms with E-state index in [1.807, 2.05) is 11.4 Å². The molecule has 0 N–H and O–H groups in total. The summed E-state index contributed by atoms with van der Waals surface area (Å²) in [6, 6.07) is 0. The predicted octanol–water partition coefficient (Wildman–Crippen LogP) is 3.22. The number of thiol groups is 2. The van der Waals surface area contributed by atoms with Crippen molar-refractivity contribution in [1.29, 1.82) is 0 Å². The van der Waals surface area contributed by atoms with Gasteiger partial charge in [0.2, 0.25) is 0 Å². The molecule has 0 atom stereocenters. The van der Waals surface area contributed by atoms with Crippen molar-refractivity contribution in [2.45, 2.75) is 13.3 Å². The Kier molecular flexibility index (Phi) is 6.80. The number of hydrogen-bond donors (Lipinski definition) is 2. The van der Waals surface area contributed by atoms with Gasteiger partial charge in [-0.3, -0.25) is 0 Å². The average Bonchev–Trinajstić information content (AvgIpc) is 1.61. The van der Waals surface area contributed by atoms with Crippen molar-refractivity contribution in [3.63, 3.8) is 0 Å². The molecular weight excluding hydrogens is 163 g/mol. The van der Waals surface area contributed by atoms with Crippen molar-refractivity contribution in [3.8, 4) is 0 Å². The molecule has 0 saturated heterocycles. The van der Waals surface area contributed by atoms with Gasteiger partial charge in [-0.15, -0.1) is 35.9 Å². The van der Waals surface area contributed by atoms with Crippen LogP contribution in [0.2, 0.25) is 0 Å². The molecule has 0 aliphatic heterocycles. The van der Waals surface area contributed by atoms with Gasteiger partial charge in [0.25, 0.3) is 0 Å². The summed E-state index contributed by atoms with van der Waals surface area (Å²) in [4.78, 5) is 0. The molecule has 7 heavy (non-hydrogen) atoms. The van der Waals surface area contributed by atoms with Crippen LogP contribution in [0.4, 0.5) is 0 Å². The second kappa shape index (κ2) is 5.61. The molecule has 0 spiro atoms. The second-order valence-electron chi connectivity index (χ2n) is 1.09. The smallest absolute Gasteiger partial charge is 0.0666 e. The van der Waals surface area contributed by atoms with Crippen LogP contribution in [0, 0.1) is 0 Å². The standard InChI is InChI=1S/C3H9PS3/c1-2-3-7-4(5)6/h5-6H,2-3H2,1H3. The topological polar surface area (TPSA) is 0 Å². The Balaban J connectivity index is 2.68. The zero-order valence-electron chi connectivity index (χ0n) is 4.16. The molecule has 0 aromatic carbocycles. The van der Waals surface area contributed by atoms with E-state index < -0.39 is 0 Å². The number of hydrogen-bond acceptors (Lipinski definition) is 3. The van der Waals surface area contributed by atoms with E-state index in [1.54, 1.807) is 0 Å². The van der Waals surface area contributed by atoms with Gasteiger partial charge in [-0.05, 0) is 12.2 Å². The lowest BCUT2D eigenvalue weighted by atomic mass is 10.6. The Bertz CT molecular complexity index is 39.2. The van der Waals surface area contributed by atoms with Crippen LogP contribution in [0.1, 0.15) is 13.3 Å². The average molecular weight is 172 g/mol. The molecule has 0 rings (SSSR count). The lowest BCUT2D eigenvalue weighted by molar-refractivity contribution is 1.11. The van der Waals surface area contributed by atoms with E-state index in [9.17, 15) is 0 Å². The molecular formula is C3H9PS3. The third-order valence-electron chi connectivity index (χ3n) is 0.411. The highest BCUT2D eigenvalue weighted by Gasteiger charge is 1.90.